The van der Waals surface area contributed by atoms with Crippen molar-refractivity contribution in [2.75, 3.05) is 19.6 Å². The third kappa shape index (κ3) is 8.57. The monoisotopic (exact) mass is 284 g/mol. The molecule has 0 aromatic carbocycles. The molecule has 0 spiro atoms. The van der Waals surface area contributed by atoms with Crippen LogP contribution in [0.5, 0.6) is 0 Å². The summed E-state index contributed by atoms with van der Waals surface area (Å²) in [6, 6.07) is 0. The predicted molar refractivity (Wildman–Crippen MR) is 87.7 cm³/mol. The van der Waals surface area contributed by atoms with Crippen molar-refractivity contribution in [3.63, 3.8) is 0 Å². The molecule has 0 aromatic heterocycles. The van der Waals surface area contributed by atoms with Crippen LogP contribution in [0.15, 0.2) is 0 Å². The van der Waals surface area contributed by atoms with E-state index in [4.69, 9.17) is 5.73 Å². The van der Waals surface area contributed by atoms with Crippen LogP contribution in [0.4, 0.5) is 0 Å². The van der Waals surface area contributed by atoms with E-state index < -0.39 is 0 Å². The van der Waals surface area contributed by atoms with Crippen LogP contribution in [-0.2, 0) is 4.79 Å². The van der Waals surface area contributed by atoms with Crippen LogP contribution in [0, 0.1) is 5.92 Å². The molecule has 3 heteroatoms. The molecule has 0 aromatic rings. The van der Waals surface area contributed by atoms with E-state index in [2.05, 4.69) is 20.8 Å². The highest BCUT2D eigenvalue weighted by Gasteiger charge is 2.21. The van der Waals surface area contributed by atoms with E-state index in [1.165, 1.54) is 38.5 Å². The first-order valence-electron chi connectivity index (χ1n) is 8.69. The fourth-order valence-corrected chi connectivity index (χ4v) is 2.72. The van der Waals surface area contributed by atoms with Crippen LogP contribution in [0.25, 0.3) is 0 Å². The molecule has 0 aliphatic heterocycles. The highest BCUT2D eigenvalue weighted by Crippen LogP contribution is 2.19. The summed E-state index contributed by atoms with van der Waals surface area (Å²) in [7, 11) is 0. The lowest BCUT2D eigenvalue weighted by atomic mass is 9.94. The second kappa shape index (κ2) is 13.4. The number of carbonyl (C=O) groups excluding carboxylic acids is 1. The molecule has 3 nitrogen and oxygen atoms in total. The van der Waals surface area contributed by atoms with Gasteiger partial charge in [0.2, 0.25) is 5.91 Å². The van der Waals surface area contributed by atoms with Crippen molar-refractivity contribution in [3.8, 4) is 0 Å². The van der Waals surface area contributed by atoms with E-state index in [0.717, 1.165) is 32.4 Å². The second-order valence-electron chi connectivity index (χ2n) is 5.69. The quantitative estimate of drug-likeness (QED) is 0.520. The molecular weight excluding hydrogens is 248 g/mol. The number of amides is 1. The summed E-state index contributed by atoms with van der Waals surface area (Å²) < 4.78 is 0. The van der Waals surface area contributed by atoms with Gasteiger partial charge in [-0.25, -0.2) is 0 Å². The van der Waals surface area contributed by atoms with Crippen molar-refractivity contribution < 1.29 is 4.79 Å². The van der Waals surface area contributed by atoms with Crippen molar-refractivity contribution in [1.82, 2.24) is 4.90 Å². The van der Waals surface area contributed by atoms with Gasteiger partial charge in [-0.2, -0.15) is 0 Å². The highest BCUT2D eigenvalue weighted by molar-refractivity contribution is 5.78. The van der Waals surface area contributed by atoms with Gasteiger partial charge in [-0.1, -0.05) is 45.4 Å². The minimum absolute atomic E-state index is 0.199. The normalized spacial score (nSPS) is 12.4. The maximum atomic E-state index is 12.5. The summed E-state index contributed by atoms with van der Waals surface area (Å²) in [5, 5.41) is 0. The molecule has 0 bridgehead atoms. The minimum atomic E-state index is 0.199. The van der Waals surface area contributed by atoms with Crippen LogP contribution in [0.3, 0.4) is 0 Å². The molecule has 0 fully saturated rings. The smallest absolute Gasteiger partial charge is 0.225 e. The zero-order valence-corrected chi connectivity index (χ0v) is 14.0. The molecule has 0 radical (unpaired) electrons. The molecule has 0 saturated carbocycles. The first-order valence-corrected chi connectivity index (χ1v) is 8.69. The Morgan fingerprint density at radius 3 is 2.00 bits per heavy atom. The van der Waals surface area contributed by atoms with Crippen molar-refractivity contribution in [2.24, 2.45) is 11.7 Å². The van der Waals surface area contributed by atoms with Crippen molar-refractivity contribution in [3.05, 3.63) is 0 Å². The molecule has 120 valence electrons. The molecule has 1 amide bonds. The molecule has 0 aliphatic carbocycles. The number of nitrogens with zero attached hydrogens (tertiary/aromatic N) is 1. The lowest BCUT2D eigenvalue weighted by Gasteiger charge is -2.25. The number of hydrogen-bond acceptors (Lipinski definition) is 2. The van der Waals surface area contributed by atoms with E-state index in [-0.39, 0.29) is 5.92 Å². The van der Waals surface area contributed by atoms with Gasteiger partial charge in [-0.05, 0) is 39.7 Å². The summed E-state index contributed by atoms with van der Waals surface area (Å²) in [5.74, 6) is 0.543. The first-order chi connectivity index (χ1) is 9.71. The van der Waals surface area contributed by atoms with Crippen molar-refractivity contribution in [2.45, 2.75) is 78.6 Å². The van der Waals surface area contributed by atoms with Gasteiger partial charge in [0, 0.05) is 19.0 Å². The van der Waals surface area contributed by atoms with Crippen molar-refractivity contribution in [1.29, 1.82) is 0 Å². The molecule has 0 aliphatic rings. The maximum absolute atomic E-state index is 12.5. The third-order valence-electron chi connectivity index (χ3n) is 4.09. The average molecular weight is 284 g/mol. The Labute approximate surface area is 126 Å². The van der Waals surface area contributed by atoms with Gasteiger partial charge in [0.25, 0.3) is 0 Å². The first kappa shape index (κ1) is 19.4. The molecule has 2 N–H and O–H groups in total. The van der Waals surface area contributed by atoms with Gasteiger partial charge < -0.3 is 10.6 Å². The van der Waals surface area contributed by atoms with Crippen LogP contribution >= 0.6 is 0 Å². The summed E-state index contributed by atoms with van der Waals surface area (Å²) in [6.07, 6.45) is 10.7. The maximum Gasteiger partial charge on any atom is 0.225 e. The molecule has 20 heavy (non-hydrogen) atoms. The van der Waals surface area contributed by atoms with Crippen LogP contribution in [0.1, 0.15) is 78.6 Å². The second-order valence-corrected chi connectivity index (χ2v) is 5.69. The molecule has 0 saturated heterocycles. The third-order valence-corrected chi connectivity index (χ3v) is 4.09. The van der Waals surface area contributed by atoms with Gasteiger partial charge in [0.15, 0.2) is 0 Å². The zero-order valence-electron chi connectivity index (χ0n) is 14.0. The summed E-state index contributed by atoms with van der Waals surface area (Å²) >= 11 is 0. The SMILES string of the molecule is CCCCCCCCC(CCCN)C(=O)N(CC)CC. The summed E-state index contributed by atoms with van der Waals surface area (Å²) in [5.41, 5.74) is 5.60. The van der Waals surface area contributed by atoms with Crippen molar-refractivity contribution >= 4 is 5.91 Å². The van der Waals surface area contributed by atoms with Gasteiger partial charge in [0.05, 0.1) is 0 Å². The lowest BCUT2D eigenvalue weighted by molar-refractivity contribution is -0.135. The summed E-state index contributed by atoms with van der Waals surface area (Å²) in [4.78, 5) is 14.4. The fraction of sp³-hybridized carbons (Fsp3) is 0.941. The van der Waals surface area contributed by atoms with Gasteiger partial charge in [-0.15, -0.1) is 0 Å². The molecule has 1 unspecified atom stereocenters. The molecular formula is C17H36N2O. The van der Waals surface area contributed by atoms with E-state index >= 15 is 0 Å². The molecule has 0 rings (SSSR count). The largest absolute Gasteiger partial charge is 0.343 e. The minimum Gasteiger partial charge on any atom is -0.343 e. The van der Waals surface area contributed by atoms with Crippen LogP contribution in [-0.4, -0.2) is 30.4 Å². The molecule has 1 atom stereocenters. The number of carbonyl (C=O) groups is 1. The Morgan fingerprint density at radius 2 is 1.45 bits per heavy atom. The van der Waals surface area contributed by atoms with Gasteiger partial charge >= 0.3 is 0 Å². The number of hydrogen-bond donors (Lipinski definition) is 1. The van der Waals surface area contributed by atoms with Gasteiger partial charge in [0.1, 0.15) is 0 Å². The van der Waals surface area contributed by atoms with Gasteiger partial charge in [-0.3, -0.25) is 4.79 Å². The fourth-order valence-electron chi connectivity index (χ4n) is 2.72. The zero-order chi connectivity index (χ0) is 15.2. The number of nitrogens with two attached hydrogens (primary N) is 1. The van der Waals surface area contributed by atoms with E-state index in [9.17, 15) is 4.79 Å². The number of unbranched alkanes of at least 4 members (excludes halogenated alkanes) is 5. The predicted octanol–water partition coefficient (Wildman–Crippen LogP) is 3.96. The Kier molecular flexibility index (Phi) is 13.0. The summed E-state index contributed by atoms with van der Waals surface area (Å²) in [6.45, 7) is 8.71. The van der Waals surface area contributed by atoms with Crippen LogP contribution < -0.4 is 5.73 Å². The number of rotatable bonds is 13. The van der Waals surface area contributed by atoms with E-state index in [0.29, 0.717) is 12.5 Å². The molecule has 0 heterocycles. The van der Waals surface area contributed by atoms with E-state index in [1.54, 1.807) is 0 Å². The van der Waals surface area contributed by atoms with E-state index in [1.807, 2.05) is 4.90 Å². The lowest BCUT2D eigenvalue weighted by Crippen LogP contribution is -2.36. The Balaban J connectivity index is 4.10. The Hall–Kier alpha value is -0.570. The van der Waals surface area contributed by atoms with Crippen LogP contribution in [0.2, 0.25) is 0 Å². The highest BCUT2D eigenvalue weighted by atomic mass is 16.2. The average Bonchev–Trinajstić information content (AvgIpc) is 2.46. The Morgan fingerprint density at radius 1 is 0.900 bits per heavy atom. The topological polar surface area (TPSA) is 46.3 Å². The Bertz CT molecular complexity index is 227. The standard InChI is InChI=1S/C17H36N2O/c1-4-7-8-9-10-11-13-16(14-12-15-18)17(20)19(5-2)6-3/h16H,4-15,18H2,1-3H3.